The van der Waals surface area contributed by atoms with Crippen LogP contribution in [0.1, 0.15) is 11.4 Å². The molecular formula is C19H16N4O2S. The molecule has 7 heteroatoms. The number of aryl methyl sites for hydroxylation is 2. The quantitative estimate of drug-likeness (QED) is 0.602. The Morgan fingerprint density at radius 1 is 1.23 bits per heavy atom. The summed E-state index contributed by atoms with van der Waals surface area (Å²) in [6, 6.07) is 13.0. The molecule has 0 fully saturated rings. The molecule has 2 aromatic carbocycles. The van der Waals surface area contributed by atoms with Gasteiger partial charge in [-0.2, -0.15) is 5.10 Å². The number of hydrogen-bond acceptors (Lipinski definition) is 5. The highest BCUT2D eigenvalue weighted by Gasteiger charge is 2.08. The van der Waals surface area contributed by atoms with Gasteiger partial charge < -0.3 is 5.32 Å². The van der Waals surface area contributed by atoms with Crippen LogP contribution < -0.4 is 10.7 Å². The van der Waals surface area contributed by atoms with E-state index in [4.69, 9.17) is 0 Å². The van der Waals surface area contributed by atoms with Crippen LogP contribution in [0.25, 0.3) is 21.1 Å². The number of thiazole rings is 1. The lowest BCUT2D eigenvalue weighted by atomic mass is 10.2. The molecule has 0 saturated carbocycles. The van der Waals surface area contributed by atoms with Gasteiger partial charge in [-0.1, -0.05) is 12.1 Å². The first-order valence-electron chi connectivity index (χ1n) is 8.22. The summed E-state index contributed by atoms with van der Waals surface area (Å²) < 4.78 is 2.74. The molecule has 0 aliphatic carbocycles. The van der Waals surface area contributed by atoms with E-state index in [1.165, 1.54) is 6.20 Å². The molecule has 2 aromatic heterocycles. The number of fused-ring (bicyclic) bond motifs is 2. The van der Waals surface area contributed by atoms with Gasteiger partial charge in [0.05, 0.1) is 33.5 Å². The number of para-hydroxylation sites is 1. The third-order valence-corrected chi connectivity index (χ3v) is 5.03. The van der Waals surface area contributed by atoms with Gasteiger partial charge in [-0.3, -0.25) is 14.3 Å². The van der Waals surface area contributed by atoms with E-state index in [9.17, 15) is 9.59 Å². The molecule has 4 rings (SSSR count). The lowest BCUT2D eigenvalue weighted by Gasteiger charge is -2.09. The SMILES string of the molecule is Cc1nc2ccc(NC(=O)CCn3ncc(=O)c4ccccc43)cc2s1. The van der Waals surface area contributed by atoms with Crippen molar-refractivity contribution in [2.75, 3.05) is 5.32 Å². The van der Waals surface area contributed by atoms with Crippen LogP contribution in [0.15, 0.2) is 53.5 Å². The Morgan fingerprint density at radius 2 is 2.08 bits per heavy atom. The molecule has 2 heterocycles. The number of nitrogens with zero attached hydrogens (tertiary/aromatic N) is 3. The summed E-state index contributed by atoms with van der Waals surface area (Å²) in [4.78, 5) is 28.6. The van der Waals surface area contributed by atoms with E-state index in [0.717, 1.165) is 26.4 Å². The predicted molar refractivity (Wildman–Crippen MR) is 104 cm³/mol. The van der Waals surface area contributed by atoms with Crippen molar-refractivity contribution in [2.24, 2.45) is 0 Å². The van der Waals surface area contributed by atoms with Gasteiger partial charge in [0.2, 0.25) is 11.3 Å². The molecule has 0 atom stereocenters. The minimum Gasteiger partial charge on any atom is -0.326 e. The normalized spacial score (nSPS) is 11.1. The van der Waals surface area contributed by atoms with E-state index in [1.54, 1.807) is 22.1 Å². The van der Waals surface area contributed by atoms with E-state index in [-0.39, 0.29) is 17.8 Å². The molecule has 0 aliphatic heterocycles. The maximum absolute atomic E-state index is 12.3. The van der Waals surface area contributed by atoms with Crippen LogP contribution in [0.4, 0.5) is 5.69 Å². The molecule has 4 aromatic rings. The highest BCUT2D eigenvalue weighted by molar-refractivity contribution is 7.18. The molecule has 6 nitrogen and oxygen atoms in total. The third kappa shape index (κ3) is 3.21. The fourth-order valence-electron chi connectivity index (χ4n) is 2.89. The van der Waals surface area contributed by atoms with Crippen molar-refractivity contribution in [2.45, 2.75) is 19.9 Å². The van der Waals surface area contributed by atoms with E-state index in [0.29, 0.717) is 11.9 Å². The Balaban J connectivity index is 1.48. The van der Waals surface area contributed by atoms with Crippen LogP contribution in [-0.4, -0.2) is 20.7 Å². The van der Waals surface area contributed by atoms with Gasteiger partial charge in [-0.15, -0.1) is 11.3 Å². The molecule has 0 unspecified atom stereocenters. The standard InChI is InChI=1S/C19H16N4O2S/c1-12-21-15-7-6-13(10-18(15)26-12)22-19(25)8-9-23-16-5-3-2-4-14(16)17(24)11-20-23/h2-7,10-11H,8-9H2,1H3,(H,22,25). The van der Waals surface area contributed by atoms with Crippen molar-refractivity contribution >= 4 is 44.1 Å². The molecule has 0 aliphatic rings. The van der Waals surface area contributed by atoms with Gasteiger partial charge in [-0.05, 0) is 37.3 Å². The van der Waals surface area contributed by atoms with Crippen LogP contribution in [-0.2, 0) is 11.3 Å². The Morgan fingerprint density at radius 3 is 2.96 bits per heavy atom. The molecule has 130 valence electrons. The summed E-state index contributed by atoms with van der Waals surface area (Å²) in [5, 5.41) is 8.66. The number of benzene rings is 2. The van der Waals surface area contributed by atoms with Gasteiger partial charge >= 0.3 is 0 Å². The summed E-state index contributed by atoms with van der Waals surface area (Å²) in [7, 11) is 0. The number of aromatic nitrogens is 3. The minimum atomic E-state index is -0.116. The molecule has 0 bridgehead atoms. The Hall–Kier alpha value is -3.06. The average molecular weight is 364 g/mol. The molecular weight excluding hydrogens is 348 g/mol. The van der Waals surface area contributed by atoms with Crippen LogP contribution in [0.3, 0.4) is 0 Å². The van der Waals surface area contributed by atoms with E-state index in [2.05, 4.69) is 15.4 Å². The molecule has 26 heavy (non-hydrogen) atoms. The van der Waals surface area contributed by atoms with E-state index >= 15 is 0 Å². The van der Waals surface area contributed by atoms with E-state index < -0.39 is 0 Å². The van der Waals surface area contributed by atoms with Crippen LogP contribution in [0.5, 0.6) is 0 Å². The molecule has 0 saturated heterocycles. The second-order valence-corrected chi connectivity index (χ2v) is 7.20. The molecule has 1 N–H and O–H groups in total. The first kappa shape index (κ1) is 16.4. The van der Waals surface area contributed by atoms with Crippen molar-refractivity contribution < 1.29 is 4.79 Å². The smallest absolute Gasteiger partial charge is 0.226 e. The zero-order chi connectivity index (χ0) is 18.1. The number of amides is 1. The number of rotatable bonds is 4. The number of carbonyl (C=O) groups is 1. The zero-order valence-corrected chi connectivity index (χ0v) is 14.9. The van der Waals surface area contributed by atoms with E-state index in [1.807, 2.05) is 43.3 Å². The number of anilines is 1. The van der Waals surface area contributed by atoms with Crippen LogP contribution in [0, 0.1) is 6.92 Å². The van der Waals surface area contributed by atoms with Gasteiger partial charge in [0, 0.05) is 17.5 Å². The van der Waals surface area contributed by atoms with Crippen molar-refractivity contribution in [1.82, 2.24) is 14.8 Å². The fraction of sp³-hybridized carbons (Fsp3) is 0.158. The number of nitrogens with one attached hydrogen (secondary N) is 1. The minimum absolute atomic E-state index is 0.102. The summed E-state index contributed by atoms with van der Waals surface area (Å²) in [6.45, 7) is 2.36. The lowest BCUT2D eigenvalue weighted by molar-refractivity contribution is -0.116. The predicted octanol–water partition coefficient (Wildman–Crippen LogP) is 3.34. The average Bonchev–Trinajstić information content (AvgIpc) is 3.01. The largest absolute Gasteiger partial charge is 0.326 e. The second-order valence-electron chi connectivity index (χ2n) is 5.96. The maximum Gasteiger partial charge on any atom is 0.226 e. The summed E-state index contributed by atoms with van der Waals surface area (Å²) in [5.41, 5.74) is 2.31. The number of hydrogen-bond donors (Lipinski definition) is 1. The Labute approximate surface area is 153 Å². The van der Waals surface area contributed by atoms with Crippen molar-refractivity contribution in [3.8, 4) is 0 Å². The monoisotopic (exact) mass is 364 g/mol. The van der Waals surface area contributed by atoms with Crippen molar-refractivity contribution in [3.63, 3.8) is 0 Å². The molecule has 0 radical (unpaired) electrons. The third-order valence-electron chi connectivity index (χ3n) is 4.09. The van der Waals surface area contributed by atoms with Crippen molar-refractivity contribution in [3.05, 3.63) is 63.9 Å². The molecule has 0 spiro atoms. The first-order valence-corrected chi connectivity index (χ1v) is 9.04. The topological polar surface area (TPSA) is 76.9 Å². The lowest BCUT2D eigenvalue weighted by Crippen LogP contribution is -2.18. The van der Waals surface area contributed by atoms with Crippen molar-refractivity contribution in [1.29, 1.82) is 0 Å². The van der Waals surface area contributed by atoms with Gasteiger partial charge in [-0.25, -0.2) is 4.98 Å². The van der Waals surface area contributed by atoms with Gasteiger partial charge in [0.15, 0.2) is 0 Å². The molecule has 1 amide bonds. The first-order chi connectivity index (χ1) is 12.6. The summed E-state index contributed by atoms with van der Waals surface area (Å²) in [6.07, 6.45) is 1.56. The Kier molecular flexibility index (Phi) is 4.22. The van der Waals surface area contributed by atoms with Gasteiger partial charge in [0.25, 0.3) is 0 Å². The number of carbonyl (C=O) groups excluding carboxylic acids is 1. The maximum atomic E-state index is 12.3. The van der Waals surface area contributed by atoms with Crippen LogP contribution >= 0.6 is 11.3 Å². The van der Waals surface area contributed by atoms with Gasteiger partial charge in [0.1, 0.15) is 0 Å². The highest BCUT2D eigenvalue weighted by atomic mass is 32.1. The Bertz CT molecular complexity index is 1180. The summed E-state index contributed by atoms with van der Waals surface area (Å²) >= 11 is 1.60. The highest BCUT2D eigenvalue weighted by Crippen LogP contribution is 2.24. The zero-order valence-electron chi connectivity index (χ0n) is 14.1. The summed E-state index contributed by atoms with van der Waals surface area (Å²) in [5.74, 6) is -0.102. The fourth-order valence-corrected chi connectivity index (χ4v) is 3.75. The van der Waals surface area contributed by atoms with Crippen LogP contribution in [0.2, 0.25) is 0 Å². The second kappa shape index (κ2) is 6.68.